The second kappa shape index (κ2) is 10.5. The third kappa shape index (κ3) is 5.91. The Kier molecular flexibility index (Phi) is 7.72. The molecule has 0 spiro atoms. The van der Waals surface area contributed by atoms with Gasteiger partial charge in [-0.2, -0.15) is 0 Å². The summed E-state index contributed by atoms with van der Waals surface area (Å²) in [6.45, 7) is 3.32. The standard InChI is InChI=1S/C22H23ClN4O5S/c1-13(2)10-26(17(28)12-32-21(30)15-8-9-16(23)33-15)18-19(24)27(22(31)25-20(18)29)11-14-6-4-3-5-7-14/h3-9,13H,10-12,24H2,1-2H3,(H,25,29,31). The normalized spacial score (nSPS) is 10.9. The van der Waals surface area contributed by atoms with Crippen molar-refractivity contribution in [2.45, 2.75) is 20.4 Å². The fraction of sp³-hybridized carbons (Fsp3) is 0.273. The molecule has 33 heavy (non-hydrogen) atoms. The molecule has 1 aromatic carbocycles. The summed E-state index contributed by atoms with van der Waals surface area (Å²) in [5.74, 6) is -1.56. The molecule has 9 nitrogen and oxygen atoms in total. The van der Waals surface area contributed by atoms with Crippen LogP contribution in [-0.2, 0) is 16.1 Å². The number of nitrogens with zero attached hydrogens (tertiary/aromatic N) is 2. The average molecular weight is 491 g/mol. The monoisotopic (exact) mass is 490 g/mol. The van der Waals surface area contributed by atoms with Crippen molar-refractivity contribution in [3.63, 3.8) is 0 Å². The fourth-order valence-corrected chi connectivity index (χ4v) is 4.08. The molecule has 0 atom stereocenters. The maximum Gasteiger partial charge on any atom is 0.348 e. The van der Waals surface area contributed by atoms with Crippen LogP contribution in [0.15, 0.2) is 52.1 Å². The number of nitrogens with one attached hydrogen (secondary N) is 1. The fourth-order valence-electron chi connectivity index (χ4n) is 3.14. The van der Waals surface area contributed by atoms with E-state index in [-0.39, 0.29) is 35.4 Å². The summed E-state index contributed by atoms with van der Waals surface area (Å²) >= 11 is 6.86. The van der Waals surface area contributed by atoms with Gasteiger partial charge < -0.3 is 15.4 Å². The predicted octanol–water partition coefficient (Wildman–Crippen LogP) is 2.73. The number of anilines is 2. The van der Waals surface area contributed by atoms with Crippen molar-refractivity contribution in [1.29, 1.82) is 0 Å². The Labute approximate surface area is 198 Å². The van der Waals surface area contributed by atoms with Crippen LogP contribution in [0.3, 0.4) is 0 Å². The molecule has 1 amide bonds. The quantitative estimate of drug-likeness (QED) is 0.467. The Morgan fingerprint density at radius 3 is 2.48 bits per heavy atom. The van der Waals surface area contributed by atoms with E-state index in [1.807, 2.05) is 44.2 Å². The van der Waals surface area contributed by atoms with Crippen LogP contribution in [0, 0.1) is 5.92 Å². The third-order valence-electron chi connectivity index (χ3n) is 4.62. The van der Waals surface area contributed by atoms with Gasteiger partial charge in [0, 0.05) is 6.54 Å². The van der Waals surface area contributed by atoms with Gasteiger partial charge in [-0.15, -0.1) is 11.3 Å². The van der Waals surface area contributed by atoms with Gasteiger partial charge in [-0.1, -0.05) is 55.8 Å². The van der Waals surface area contributed by atoms with Crippen molar-refractivity contribution in [2.24, 2.45) is 5.92 Å². The van der Waals surface area contributed by atoms with Gasteiger partial charge in [0.05, 0.1) is 10.9 Å². The summed E-state index contributed by atoms with van der Waals surface area (Å²) in [4.78, 5) is 54.0. The summed E-state index contributed by atoms with van der Waals surface area (Å²) in [6, 6.07) is 12.1. The van der Waals surface area contributed by atoms with Crippen LogP contribution >= 0.6 is 22.9 Å². The van der Waals surface area contributed by atoms with Gasteiger partial charge in [0.15, 0.2) is 12.3 Å². The first-order chi connectivity index (χ1) is 15.7. The molecule has 174 valence electrons. The minimum absolute atomic E-state index is 0.0472. The lowest BCUT2D eigenvalue weighted by molar-refractivity contribution is -0.121. The molecule has 0 saturated heterocycles. The lowest BCUT2D eigenvalue weighted by atomic mass is 10.2. The van der Waals surface area contributed by atoms with Crippen molar-refractivity contribution in [1.82, 2.24) is 9.55 Å². The minimum Gasteiger partial charge on any atom is -0.451 e. The van der Waals surface area contributed by atoms with Crippen molar-refractivity contribution in [3.8, 4) is 0 Å². The number of aromatic amines is 1. The Morgan fingerprint density at radius 1 is 1.18 bits per heavy atom. The zero-order chi connectivity index (χ0) is 24.1. The molecule has 2 heterocycles. The number of carbonyl (C=O) groups excluding carboxylic acids is 2. The first-order valence-corrected chi connectivity index (χ1v) is 11.3. The van der Waals surface area contributed by atoms with E-state index in [1.165, 1.54) is 10.6 Å². The molecular formula is C22H23ClN4O5S. The molecule has 0 aliphatic heterocycles. The van der Waals surface area contributed by atoms with Crippen LogP contribution in [0.2, 0.25) is 4.34 Å². The molecule has 0 bridgehead atoms. The number of esters is 1. The highest BCUT2D eigenvalue weighted by atomic mass is 35.5. The Hall–Kier alpha value is -3.37. The van der Waals surface area contributed by atoms with Crippen LogP contribution in [0.1, 0.15) is 29.1 Å². The Morgan fingerprint density at radius 2 is 1.88 bits per heavy atom. The highest BCUT2D eigenvalue weighted by Crippen LogP contribution is 2.23. The molecule has 0 aliphatic rings. The molecule has 0 fully saturated rings. The molecule has 0 unspecified atom stereocenters. The maximum absolute atomic E-state index is 13.0. The molecule has 11 heteroatoms. The van der Waals surface area contributed by atoms with Gasteiger partial charge in [0.2, 0.25) is 0 Å². The van der Waals surface area contributed by atoms with E-state index in [9.17, 15) is 19.2 Å². The zero-order valence-electron chi connectivity index (χ0n) is 18.0. The number of hydrogen-bond donors (Lipinski definition) is 2. The van der Waals surface area contributed by atoms with E-state index in [2.05, 4.69) is 4.98 Å². The second-order valence-corrected chi connectivity index (χ2v) is 9.36. The number of nitrogen functional groups attached to an aromatic ring is 1. The van der Waals surface area contributed by atoms with Gasteiger partial charge in [-0.05, 0) is 23.6 Å². The number of nitrogens with two attached hydrogens (primary N) is 1. The van der Waals surface area contributed by atoms with E-state index in [1.54, 1.807) is 6.07 Å². The number of carbonyl (C=O) groups is 2. The minimum atomic E-state index is -0.799. The molecule has 3 N–H and O–H groups in total. The van der Waals surface area contributed by atoms with Gasteiger partial charge >= 0.3 is 11.7 Å². The van der Waals surface area contributed by atoms with Gasteiger partial charge in [-0.25, -0.2) is 9.59 Å². The first-order valence-electron chi connectivity index (χ1n) is 10.1. The smallest absolute Gasteiger partial charge is 0.348 e. The summed E-state index contributed by atoms with van der Waals surface area (Å²) in [5, 5.41) is 0. The highest BCUT2D eigenvalue weighted by Gasteiger charge is 2.26. The second-order valence-electron chi connectivity index (χ2n) is 7.64. The van der Waals surface area contributed by atoms with Crippen molar-refractivity contribution >= 4 is 46.3 Å². The number of amides is 1. The van der Waals surface area contributed by atoms with Crippen LogP contribution < -0.4 is 21.9 Å². The molecule has 2 aromatic heterocycles. The summed E-state index contributed by atoms with van der Waals surface area (Å²) in [5.41, 5.74) is 5.35. The van der Waals surface area contributed by atoms with Crippen LogP contribution in [-0.4, -0.2) is 34.6 Å². The van der Waals surface area contributed by atoms with Gasteiger partial charge in [0.1, 0.15) is 10.7 Å². The van der Waals surface area contributed by atoms with Crippen molar-refractivity contribution in [2.75, 3.05) is 23.8 Å². The van der Waals surface area contributed by atoms with E-state index in [0.717, 1.165) is 21.8 Å². The van der Waals surface area contributed by atoms with E-state index in [4.69, 9.17) is 22.1 Å². The van der Waals surface area contributed by atoms with E-state index >= 15 is 0 Å². The molecule has 0 aliphatic carbocycles. The summed E-state index contributed by atoms with van der Waals surface area (Å²) in [7, 11) is 0. The van der Waals surface area contributed by atoms with E-state index < -0.39 is 29.7 Å². The average Bonchev–Trinajstić information content (AvgIpc) is 3.20. The van der Waals surface area contributed by atoms with Crippen LogP contribution in [0.5, 0.6) is 0 Å². The first kappa shape index (κ1) is 24.3. The Bertz CT molecular complexity index is 1270. The SMILES string of the molecule is CC(C)CN(C(=O)COC(=O)c1ccc(Cl)s1)c1c(N)n(Cc2ccccc2)c(=O)[nH]c1=O. The lowest BCUT2D eigenvalue weighted by Gasteiger charge is -2.26. The number of H-pyrrole nitrogens is 1. The lowest BCUT2D eigenvalue weighted by Crippen LogP contribution is -2.44. The number of halogens is 1. The molecule has 3 aromatic rings. The number of rotatable bonds is 8. The van der Waals surface area contributed by atoms with Crippen molar-refractivity contribution < 1.29 is 14.3 Å². The van der Waals surface area contributed by atoms with Crippen molar-refractivity contribution in [3.05, 3.63) is 78.1 Å². The predicted molar refractivity (Wildman–Crippen MR) is 128 cm³/mol. The number of thiophene rings is 1. The number of aromatic nitrogens is 2. The zero-order valence-corrected chi connectivity index (χ0v) is 19.6. The maximum atomic E-state index is 13.0. The number of hydrogen-bond acceptors (Lipinski definition) is 7. The largest absolute Gasteiger partial charge is 0.451 e. The summed E-state index contributed by atoms with van der Waals surface area (Å²) < 4.78 is 6.72. The van der Waals surface area contributed by atoms with Crippen LogP contribution in [0.25, 0.3) is 0 Å². The number of benzene rings is 1. The van der Waals surface area contributed by atoms with Crippen LogP contribution in [0.4, 0.5) is 11.5 Å². The molecular weight excluding hydrogens is 468 g/mol. The summed E-state index contributed by atoms with van der Waals surface area (Å²) in [6.07, 6.45) is 0. The third-order valence-corrected chi connectivity index (χ3v) is 5.83. The highest BCUT2D eigenvalue weighted by molar-refractivity contribution is 7.17. The number of ether oxygens (including phenoxy) is 1. The molecule has 0 saturated carbocycles. The Balaban J connectivity index is 1.91. The molecule has 3 rings (SSSR count). The topological polar surface area (TPSA) is 127 Å². The van der Waals surface area contributed by atoms with Gasteiger partial charge in [-0.3, -0.25) is 19.1 Å². The van der Waals surface area contributed by atoms with E-state index in [0.29, 0.717) is 4.34 Å². The van der Waals surface area contributed by atoms with Gasteiger partial charge in [0.25, 0.3) is 11.5 Å². The molecule has 0 radical (unpaired) electrons.